The fourth-order valence-electron chi connectivity index (χ4n) is 9.32. The molecule has 3 heterocycles. The van der Waals surface area contributed by atoms with E-state index in [1.54, 1.807) is 0 Å². The third-order valence-corrected chi connectivity index (χ3v) is 12.2. The van der Waals surface area contributed by atoms with Crippen LogP contribution in [0.15, 0.2) is 217 Å². The van der Waals surface area contributed by atoms with Crippen LogP contribution in [0, 0.1) is 0 Å². The van der Waals surface area contributed by atoms with Gasteiger partial charge in [0.05, 0.1) is 11.0 Å². The van der Waals surface area contributed by atoms with E-state index in [1.807, 2.05) is 36.4 Å². The Morgan fingerprint density at radius 2 is 1.10 bits per heavy atom. The van der Waals surface area contributed by atoms with Crippen LogP contribution >= 0.6 is 0 Å². The number of fused-ring (bicyclic) bond motifs is 7. The van der Waals surface area contributed by atoms with E-state index >= 15 is 0 Å². The molecule has 1 atom stereocenters. The Morgan fingerprint density at radius 1 is 0.435 bits per heavy atom. The van der Waals surface area contributed by atoms with Gasteiger partial charge in [0.15, 0.2) is 17.5 Å². The summed E-state index contributed by atoms with van der Waals surface area (Å²) in [5.41, 5.74) is 13.5. The Labute approximate surface area is 358 Å². The van der Waals surface area contributed by atoms with Gasteiger partial charge in [0.25, 0.3) is 0 Å². The first-order valence-corrected chi connectivity index (χ1v) is 21.1. The Morgan fingerprint density at radius 3 is 1.85 bits per heavy atom. The lowest BCUT2D eigenvalue weighted by atomic mass is 9.85. The van der Waals surface area contributed by atoms with Gasteiger partial charge in [-0.25, -0.2) is 15.0 Å². The highest BCUT2D eigenvalue weighted by atomic mass is 16.3. The molecule has 0 saturated heterocycles. The normalized spacial score (nSPS) is 13.8. The highest BCUT2D eigenvalue weighted by molar-refractivity contribution is 6.27. The van der Waals surface area contributed by atoms with Crippen LogP contribution in [0.2, 0.25) is 0 Å². The molecular weight excluding hydrogens is 757 g/mol. The van der Waals surface area contributed by atoms with Crippen molar-refractivity contribution in [1.82, 2.24) is 19.5 Å². The molecule has 3 aromatic heterocycles. The molecule has 0 spiro atoms. The molecule has 5 heteroatoms. The Hall–Kier alpha value is -8.15. The van der Waals surface area contributed by atoms with Crippen LogP contribution < -0.4 is 0 Å². The molecule has 0 saturated carbocycles. The van der Waals surface area contributed by atoms with E-state index in [0.29, 0.717) is 17.5 Å². The number of furan rings is 1. The van der Waals surface area contributed by atoms with E-state index in [2.05, 4.69) is 181 Å². The first-order chi connectivity index (χ1) is 30.7. The summed E-state index contributed by atoms with van der Waals surface area (Å²) >= 11 is 0. The van der Waals surface area contributed by atoms with Crippen molar-refractivity contribution in [2.75, 3.05) is 0 Å². The van der Waals surface area contributed by atoms with Crippen molar-refractivity contribution in [2.45, 2.75) is 12.3 Å². The lowest BCUT2D eigenvalue weighted by molar-refractivity contribution is 0.669. The highest BCUT2D eigenvalue weighted by Gasteiger charge is 2.22. The second-order valence-corrected chi connectivity index (χ2v) is 15.9. The summed E-state index contributed by atoms with van der Waals surface area (Å²) < 4.78 is 9.15. The highest BCUT2D eigenvalue weighted by Crippen LogP contribution is 2.44. The summed E-state index contributed by atoms with van der Waals surface area (Å²) in [6.45, 7) is 0. The summed E-state index contributed by atoms with van der Waals surface area (Å²) in [6, 6.07) is 66.0. The van der Waals surface area contributed by atoms with E-state index in [0.717, 1.165) is 78.5 Å². The minimum atomic E-state index is 0.287. The van der Waals surface area contributed by atoms with E-state index in [-0.39, 0.29) is 5.92 Å². The number of hydrogen-bond acceptors (Lipinski definition) is 4. The molecule has 0 radical (unpaired) electrons. The summed E-state index contributed by atoms with van der Waals surface area (Å²) in [5.74, 6) is 2.13. The Kier molecular flexibility index (Phi) is 8.56. The van der Waals surface area contributed by atoms with Crippen LogP contribution in [0.25, 0.3) is 106 Å². The maximum atomic E-state index is 6.80. The molecule has 0 fully saturated rings. The van der Waals surface area contributed by atoms with Crippen molar-refractivity contribution >= 4 is 43.7 Å². The van der Waals surface area contributed by atoms with Gasteiger partial charge in [-0.1, -0.05) is 164 Å². The third kappa shape index (κ3) is 6.05. The Balaban J connectivity index is 1.08. The second kappa shape index (κ2) is 14.8. The van der Waals surface area contributed by atoms with E-state index in [1.165, 1.54) is 21.9 Å². The summed E-state index contributed by atoms with van der Waals surface area (Å²) in [5, 5.41) is 4.57. The molecule has 8 aromatic carbocycles. The zero-order chi connectivity index (χ0) is 41.0. The van der Waals surface area contributed by atoms with Crippen LogP contribution in [-0.4, -0.2) is 19.5 Å². The average molecular weight is 795 g/mol. The van der Waals surface area contributed by atoms with Crippen molar-refractivity contribution in [2.24, 2.45) is 0 Å². The molecule has 11 aromatic rings. The van der Waals surface area contributed by atoms with Gasteiger partial charge in [-0.15, -0.1) is 0 Å². The van der Waals surface area contributed by atoms with Gasteiger partial charge in [0.2, 0.25) is 0 Å². The quantitative estimate of drug-likeness (QED) is 0.161. The summed E-state index contributed by atoms with van der Waals surface area (Å²) in [4.78, 5) is 15.5. The standard InChI is InChI=1S/C57H38N4O/c1-5-17-37(18-6-1)43-25-13-14-26-44(43)40-29-31-45(48(35-40)57-59-55(38-19-7-2-8-20-38)58-56(60-57)39-21-9-3-10-22-39)41-30-32-47-52(36-41)62-51-34-33-50-53(54(47)51)46-27-15-16-28-49(46)61(50)42-23-11-4-12-24-42/h1-17,19-37H,18H2. The number of hydrogen-bond donors (Lipinski definition) is 0. The molecule has 1 aliphatic rings. The van der Waals surface area contributed by atoms with Gasteiger partial charge < -0.3 is 8.98 Å². The number of para-hydroxylation sites is 2. The van der Waals surface area contributed by atoms with Crippen molar-refractivity contribution in [3.8, 4) is 62.1 Å². The molecular formula is C57H38N4O. The molecule has 62 heavy (non-hydrogen) atoms. The predicted octanol–water partition coefficient (Wildman–Crippen LogP) is 14.8. The van der Waals surface area contributed by atoms with Crippen molar-refractivity contribution in [3.05, 3.63) is 218 Å². The fraction of sp³-hybridized carbons (Fsp3) is 0.0351. The van der Waals surface area contributed by atoms with E-state index in [9.17, 15) is 0 Å². The minimum absolute atomic E-state index is 0.287. The smallest absolute Gasteiger partial charge is 0.164 e. The van der Waals surface area contributed by atoms with Crippen molar-refractivity contribution < 1.29 is 4.42 Å². The molecule has 1 unspecified atom stereocenters. The fourth-order valence-corrected chi connectivity index (χ4v) is 9.32. The zero-order valence-corrected chi connectivity index (χ0v) is 33.7. The molecule has 0 N–H and O–H groups in total. The Bertz CT molecular complexity index is 3490. The maximum Gasteiger partial charge on any atom is 0.164 e. The zero-order valence-electron chi connectivity index (χ0n) is 33.7. The van der Waals surface area contributed by atoms with Gasteiger partial charge in [-0.05, 0) is 82.8 Å². The molecule has 292 valence electrons. The first-order valence-electron chi connectivity index (χ1n) is 21.1. The van der Waals surface area contributed by atoms with Crippen LogP contribution in [0.5, 0.6) is 0 Å². The van der Waals surface area contributed by atoms with Crippen LogP contribution in [-0.2, 0) is 0 Å². The number of allylic oxidation sites excluding steroid dienone is 4. The number of rotatable bonds is 7. The summed E-state index contributed by atoms with van der Waals surface area (Å²) in [7, 11) is 0. The van der Waals surface area contributed by atoms with Crippen molar-refractivity contribution in [3.63, 3.8) is 0 Å². The van der Waals surface area contributed by atoms with E-state index in [4.69, 9.17) is 19.4 Å². The lowest BCUT2D eigenvalue weighted by Gasteiger charge is -2.19. The molecule has 1 aliphatic carbocycles. The van der Waals surface area contributed by atoms with Crippen molar-refractivity contribution in [1.29, 1.82) is 0 Å². The van der Waals surface area contributed by atoms with E-state index < -0.39 is 0 Å². The topological polar surface area (TPSA) is 56.7 Å². The molecule has 12 rings (SSSR count). The SMILES string of the molecule is C1=CCC(c2ccccc2-c2ccc(-c3ccc4c(c3)oc3ccc5c(c6ccccc6n5-c5ccccc5)c34)c(-c3nc(-c4ccccc4)nc(-c4ccccc4)n3)c2)C=C1. The third-order valence-electron chi connectivity index (χ3n) is 12.2. The largest absolute Gasteiger partial charge is 0.456 e. The van der Waals surface area contributed by atoms with Crippen LogP contribution in [0.1, 0.15) is 17.9 Å². The van der Waals surface area contributed by atoms with Crippen LogP contribution in [0.3, 0.4) is 0 Å². The number of nitrogens with zero attached hydrogens (tertiary/aromatic N) is 4. The first kappa shape index (κ1) is 35.8. The predicted molar refractivity (Wildman–Crippen MR) is 254 cm³/mol. The maximum absolute atomic E-state index is 6.80. The monoisotopic (exact) mass is 794 g/mol. The summed E-state index contributed by atoms with van der Waals surface area (Å²) in [6.07, 6.45) is 9.79. The van der Waals surface area contributed by atoms with Gasteiger partial charge in [0, 0.05) is 49.8 Å². The van der Waals surface area contributed by atoms with Gasteiger partial charge in [-0.3, -0.25) is 0 Å². The average Bonchev–Trinajstić information content (AvgIpc) is 3.90. The molecule has 0 aliphatic heterocycles. The minimum Gasteiger partial charge on any atom is -0.456 e. The van der Waals surface area contributed by atoms with Gasteiger partial charge in [0.1, 0.15) is 11.2 Å². The molecule has 0 amide bonds. The van der Waals surface area contributed by atoms with Crippen LogP contribution in [0.4, 0.5) is 0 Å². The lowest BCUT2D eigenvalue weighted by Crippen LogP contribution is -2.02. The number of benzene rings is 8. The molecule has 0 bridgehead atoms. The molecule has 5 nitrogen and oxygen atoms in total. The number of aromatic nitrogens is 4. The second-order valence-electron chi connectivity index (χ2n) is 15.9. The van der Waals surface area contributed by atoms with Gasteiger partial charge in [-0.2, -0.15) is 0 Å². The van der Waals surface area contributed by atoms with Gasteiger partial charge >= 0.3 is 0 Å².